The van der Waals surface area contributed by atoms with Gasteiger partial charge in [-0.1, -0.05) is 6.07 Å². The fourth-order valence-electron chi connectivity index (χ4n) is 2.93. The molecule has 1 aromatic carbocycles. The number of rotatable bonds is 5. The molecule has 6 heteroatoms. The molecule has 116 valence electrons. The second-order valence-corrected chi connectivity index (χ2v) is 7.90. The average molecular weight is 312 g/mol. The van der Waals surface area contributed by atoms with Gasteiger partial charge in [0.25, 0.3) is 0 Å². The van der Waals surface area contributed by atoms with E-state index < -0.39 is 15.8 Å². The van der Waals surface area contributed by atoms with E-state index in [-0.39, 0.29) is 4.90 Å². The van der Waals surface area contributed by atoms with Crippen molar-refractivity contribution in [1.82, 2.24) is 9.62 Å². The minimum absolute atomic E-state index is 0.259. The van der Waals surface area contributed by atoms with Gasteiger partial charge < -0.3 is 4.90 Å². The molecule has 0 bridgehead atoms. The third kappa shape index (κ3) is 3.44. The van der Waals surface area contributed by atoms with E-state index in [1.54, 1.807) is 13.0 Å². The highest BCUT2D eigenvalue weighted by Crippen LogP contribution is 2.31. The Hall–Kier alpha value is -0.980. The molecule has 1 aliphatic heterocycles. The summed E-state index contributed by atoms with van der Waals surface area (Å²) < 4.78 is 40.7. The minimum atomic E-state index is -3.76. The van der Waals surface area contributed by atoms with Crippen LogP contribution in [0.4, 0.5) is 4.39 Å². The van der Waals surface area contributed by atoms with Crippen LogP contribution in [0.25, 0.3) is 0 Å². The minimum Gasteiger partial charge on any atom is -0.300 e. The number of benzene rings is 1. The maximum Gasteiger partial charge on any atom is 0.243 e. The molecule has 1 N–H and O–H groups in total. The molecule has 1 aromatic rings. The van der Waals surface area contributed by atoms with Crippen molar-refractivity contribution in [3.8, 4) is 0 Å². The third-order valence-electron chi connectivity index (χ3n) is 4.32. The van der Waals surface area contributed by atoms with Crippen LogP contribution in [0.5, 0.6) is 0 Å². The highest BCUT2D eigenvalue weighted by atomic mass is 32.2. The van der Waals surface area contributed by atoms with E-state index in [9.17, 15) is 12.8 Å². The molecular formula is C15H21FN2O2S. The standard InChI is InChI=1S/C15H21FN2O2S/c1-11-2-5-15(14(16)8-11)21(19,20)17-9-12-6-7-18(10-12)13-3-4-13/h2,5,8,12-13,17H,3-4,6-7,9-10H2,1H3/t12-/m1/s1. The van der Waals surface area contributed by atoms with Gasteiger partial charge in [-0.25, -0.2) is 17.5 Å². The van der Waals surface area contributed by atoms with Gasteiger partial charge in [0.2, 0.25) is 10.0 Å². The first-order valence-corrected chi connectivity index (χ1v) is 8.94. The summed E-state index contributed by atoms with van der Waals surface area (Å²) in [6.07, 6.45) is 3.55. The lowest BCUT2D eigenvalue weighted by molar-refractivity contribution is 0.314. The molecule has 3 rings (SSSR count). The summed E-state index contributed by atoms with van der Waals surface area (Å²) in [4.78, 5) is 2.18. The van der Waals surface area contributed by atoms with Crippen molar-refractivity contribution >= 4 is 10.0 Å². The number of nitrogens with zero attached hydrogens (tertiary/aromatic N) is 1. The number of likely N-dealkylation sites (tertiary alicyclic amines) is 1. The van der Waals surface area contributed by atoms with Crippen LogP contribution in [0.1, 0.15) is 24.8 Å². The Balaban J connectivity index is 1.61. The summed E-state index contributed by atoms with van der Waals surface area (Å²) in [5.74, 6) is -0.359. The van der Waals surface area contributed by atoms with E-state index in [1.807, 2.05) is 0 Å². The van der Waals surface area contributed by atoms with E-state index in [1.165, 1.54) is 25.0 Å². The summed E-state index contributed by atoms with van der Waals surface area (Å²) in [6.45, 7) is 4.12. The first kappa shape index (κ1) is 14.9. The molecule has 1 saturated heterocycles. The van der Waals surface area contributed by atoms with Crippen molar-refractivity contribution in [3.63, 3.8) is 0 Å². The summed E-state index contributed by atoms with van der Waals surface area (Å²) >= 11 is 0. The highest BCUT2D eigenvalue weighted by Gasteiger charge is 2.34. The van der Waals surface area contributed by atoms with Crippen molar-refractivity contribution in [3.05, 3.63) is 29.6 Å². The van der Waals surface area contributed by atoms with Gasteiger partial charge in [-0.2, -0.15) is 0 Å². The zero-order valence-electron chi connectivity index (χ0n) is 12.2. The Kier molecular flexibility index (Phi) is 4.03. The molecule has 4 nitrogen and oxygen atoms in total. The number of sulfonamides is 1. The summed E-state index contributed by atoms with van der Waals surface area (Å²) in [5.41, 5.74) is 0.710. The van der Waals surface area contributed by atoms with Crippen molar-refractivity contribution in [2.45, 2.75) is 37.1 Å². The average Bonchev–Trinajstić information content (AvgIpc) is 3.15. The molecule has 0 amide bonds. The largest absolute Gasteiger partial charge is 0.300 e. The van der Waals surface area contributed by atoms with Gasteiger partial charge in [-0.05, 0) is 56.3 Å². The third-order valence-corrected chi connectivity index (χ3v) is 5.78. The molecule has 1 heterocycles. The number of nitrogens with one attached hydrogen (secondary N) is 1. The molecule has 21 heavy (non-hydrogen) atoms. The first-order valence-electron chi connectivity index (χ1n) is 7.45. The first-order chi connectivity index (χ1) is 9.95. The number of aryl methyl sites for hydroxylation is 1. The van der Waals surface area contributed by atoms with E-state index in [2.05, 4.69) is 9.62 Å². The second kappa shape index (κ2) is 5.66. The fourth-order valence-corrected chi connectivity index (χ4v) is 4.10. The normalized spacial score (nSPS) is 23.6. The molecule has 0 radical (unpaired) electrons. The SMILES string of the molecule is Cc1ccc(S(=O)(=O)NC[C@H]2CCN(C3CC3)C2)c(F)c1. The highest BCUT2D eigenvalue weighted by molar-refractivity contribution is 7.89. The van der Waals surface area contributed by atoms with Gasteiger partial charge in [0.05, 0.1) is 0 Å². The van der Waals surface area contributed by atoms with E-state index >= 15 is 0 Å². The number of halogens is 1. The maximum atomic E-state index is 13.8. The number of hydrogen-bond acceptors (Lipinski definition) is 3. The lowest BCUT2D eigenvalue weighted by atomic mass is 10.1. The molecule has 2 fully saturated rings. The molecule has 2 aliphatic rings. The topological polar surface area (TPSA) is 49.4 Å². The van der Waals surface area contributed by atoms with Crippen LogP contribution in [0, 0.1) is 18.7 Å². The monoisotopic (exact) mass is 312 g/mol. The van der Waals surface area contributed by atoms with E-state index in [0.29, 0.717) is 18.0 Å². The van der Waals surface area contributed by atoms with Crippen molar-refractivity contribution in [2.24, 2.45) is 5.92 Å². The van der Waals surface area contributed by atoms with Gasteiger partial charge in [0.1, 0.15) is 10.7 Å². The van der Waals surface area contributed by atoms with Crippen LogP contribution in [-0.2, 0) is 10.0 Å². The second-order valence-electron chi connectivity index (χ2n) is 6.17. The zero-order chi connectivity index (χ0) is 15.0. The Morgan fingerprint density at radius 2 is 2.10 bits per heavy atom. The Morgan fingerprint density at radius 1 is 1.33 bits per heavy atom. The van der Waals surface area contributed by atoms with Crippen molar-refractivity contribution in [1.29, 1.82) is 0 Å². The molecule has 1 saturated carbocycles. The van der Waals surface area contributed by atoms with Gasteiger partial charge in [-0.15, -0.1) is 0 Å². The van der Waals surface area contributed by atoms with Crippen molar-refractivity contribution in [2.75, 3.05) is 19.6 Å². The summed E-state index contributed by atoms with van der Waals surface area (Å²) in [7, 11) is -3.76. The van der Waals surface area contributed by atoms with Crippen LogP contribution < -0.4 is 4.72 Å². The van der Waals surface area contributed by atoms with E-state index in [0.717, 1.165) is 25.6 Å². The maximum absolute atomic E-state index is 13.8. The lowest BCUT2D eigenvalue weighted by Crippen LogP contribution is -2.32. The molecule has 0 aromatic heterocycles. The summed E-state index contributed by atoms with van der Waals surface area (Å²) in [6, 6.07) is 4.92. The van der Waals surface area contributed by atoms with Gasteiger partial charge in [-0.3, -0.25) is 0 Å². The van der Waals surface area contributed by atoms with Crippen molar-refractivity contribution < 1.29 is 12.8 Å². The van der Waals surface area contributed by atoms with Crippen LogP contribution >= 0.6 is 0 Å². The molecule has 0 unspecified atom stereocenters. The van der Waals surface area contributed by atoms with Crippen LogP contribution in [0.2, 0.25) is 0 Å². The molecular weight excluding hydrogens is 291 g/mol. The Morgan fingerprint density at radius 3 is 2.76 bits per heavy atom. The fraction of sp³-hybridized carbons (Fsp3) is 0.600. The predicted octanol–water partition coefficient (Wildman–Crippen LogP) is 1.90. The molecule has 1 atom stereocenters. The Labute approximate surface area is 125 Å². The summed E-state index contributed by atoms with van der Waals surface area (Å²) in [5, 5.41) is 0. The molecule has 0 spiro atoms. The Bertz CT molecular complexity index is 629. The van der Waals surface area contributed by atoms with Gasteiger partial charge in [0.15, 0.2) is 0 Å². The quantitative estimate of drug-likeness (QED) is 0.903. The van der Waals surface area contributed by atoms with Crippen LogP contribution in [0.15, 0.2) is 23.1 Å². The molecule has 1 aliphatic carbocycles. The van der Waals surface area contributed by atoms with E-state index in [4.69, 9.17) is 0 Å². The van der Waals surface area contributed by atoms with Gasteiger partial charge >= 0.3 is 0 Å². The van der Waals surface area contributed by atoms with Gasteiger partial charge in [0, 0.05) is 19.1 Å². The van der Waals surface area contributed by atoms with Crippen LogP contribution in [-0.4, -0.2) is 39.0 Å². The predicted molar refractivity (Wildman–Crippen MR) is 79.0 cm³/mol. The zero-order valence-corrected chi connectivity index (χ0v) is 13.0. The number of hydrogen-bond donors (Lipinski definition) is 1. The lowest BCUT2D eigenvalue weighted by Gasteiger charge is -2.15. The van der Waals surface area contributed by atoms with Crippen LogP contribution in [0.3, 0.4) is 0 Å². The smallest absolute Gasteiger partial charge is 0.243 e.